The minimum atomic E-state index is -0.219. The van der Waals surface area contributed by atoms with Crippen LogP contribution in [0.5, 0.6) is 5.75 Å². The Hall–Kier alpha value is -2.44. The lowest BCUT2D eigenvalue weighted by Crippen LogP contribution is -2.49. The van der Waals surface area contributed by atoms with E-state index in [9.17, 15) is 4.79 Å². The maximum Gasteiger partial charge on any atom is 0.409 e. The molecule has 0 bridgehead atoms. The molecule has 0 aliphatic carbocycles. The van der Waals surface area contributed by atoms with Gasteiger partial charge < -0.3 is 25.0 Å². The standard InChI is InChI=1S/C18H28N4O3/c1-4-25-18(23)22-11-9-15(10-12-22)21-17(19-2)20-13-14-5-7-16(24-3)8-6-14/h5-8,15H,4,9-13H2,1-3H3,(H2,19,20,21). The first-order valence-corrected chi connectivity index (χ1v) is 8.68. The van der Waals surface area contributed by atoms with Crippen molar-refractivity contribution in [2.75, 3.05) is 33.9 Å². The average Bonchev–Trinajstić information content (AvgIpc) is 2.66. The van der Waals surface area contributed by atoms with Crippen molar-refractivity contribution in [3.05, 3.63) is 29.8 Å². The van der Waals surface area contributed by atoms with Crippen LogP contribution in [0, 0.1) is 0 Å². The molecule has 138 valence electrons. The number of aliphatic imine (C=N–C) groups is 1. The molecule has 0 radical (unpaired) electrons. The number of guanidine groups is 1. The molecule has 1 aromatic rings. The monoisotopic (exact) mass is 348 g/mol. The van der Waals surface area contributed by atoms with Gasteiger partial charge in [-0.1, -0.05) is 12.1 Å². The Bertz CT molecular complexity index is 566. The predicted octanol–water partition coefficient (Wildman–Crippen LogP) is 1.98. The number of carbonyl (C=O) groups is 1. The Morgan fingerprint density at radius 3 is 2.52 bits per heavy atom. The molecule has 0 spiro atoms. The third-order valence-corrected chi connectivity index (χ3v) is 4.20. The summed E-state index contributed by atoms with van der Waals surface area (Å²) in [6.45, 7) is 4.33. The van der Waals surface area contributed by atoms with E-state index in [2.05, 4.69) is 15.6 Å². The summed E-state index contributed by atoms with van der Waals surface area (Å²) in [4.78, 5) is 17.8. The molecule has 1 saturated heterocycles. The van der Waals surface area contributed by atoms with Gasteiger partial charge in [-0.3, -0.25) is 4.99 Å². The Morgan fingerprint density at radius 2 is 1.96 bits per heavy atom. The molecule has 0 unspecified atom stereocenters. The van der Waals surface area contributed by atoms with Gasteiger partial charge in [0, 0.05) is 32.7 Å². The molecule has 0 atom stereocenters. The molecule has 0 aromatic heterocycles. The SMILES string of the molecule is CCOC(=O)N1CCC(NC(=NC)NCc2ccc(OC)cc2)CC1. The van der Waals surface area contributed by atoms with E-state index in [0.29, 0.717) is 32.3 Å². The molecule has 25 heavy (non-hydrogen) atoms. The quantitative estimate of drug-likeness (QED) is 0.629. The molecule has 1 aromatic carbocycles. The second kappa shape index (κ2) is 9.76. The molecule has 1 amide bonds. The summed E-state index contributed by atoms with van der Waals surface area (Å²) >= 11 is 0. The van der Waals surface area contributed by atoms with Crippen LogP contribution in [-0.2, 0) is 11.3 Å². The summed E-state index contributed by atoms with van der Waals surface area (Å²) in [5.41, 5.74) is 1.15. The highest BCUT2D eigenvalue weighted by Gasteiger charge is 2.23. The van der Waals surface area contributed by atoms with Gasteiger partial charge in [-0.15, -0.1) is 0 Å². The van der Waals surface area contributed by atoms with Crippen molar-refractivity contribution in [1.29, 1.82) is 0 Å². The van der Waals surface area contributed by atoms with Crippen molar-refractivity contribution < 1.29 is 14.3 Å². The van der Waals surface area contributed by atoms with Gasteiger partial charge >= 0.3 is 6.09 Å². The van der Waals surface area contributed by atoms with E-state index < -0.39 is 0 Å². The molecule has 1 aliphatic rings. The fraction of sp³-hybridized carbons (Fsp3) is 0.556. The van der Waals surface area contributed by atoms with Crippen molar-refractivity contribution in [1.82, 2.24) is 15.5 Å². The Balaban J connectivity index is 1.76. The highest BCUT2D eigenvalue weighted by molar-refractivity contribution is 5.80. The number of methoxy groups -OCH3 is 1. The lowest BCUT2D eigenvalue weighted by molar-refractivity contribution is 0.0963. The van der Waals surface area contributed by atoms with E-state index in [4.69, 9.17) is 9.47 Å². The average molecular weight is 348 g/mol. The van der Waals surface area contributed by atoms with Gasteiger partial charge in [0.05, 0.1) is 13.7 Å². The zero-order valence-electron chi connectivity index (χ0n) is 15.2. The summed E-state index contributed by atoms with van der Waals surface area (Å²) in [5.74, 6) is 1.62. The molecule has 0 saturated carbocycles. The van der Waals surface area contributed by atoms with E-state index >= 15 is 0 Å². The van der Waals surface area contributed by atoms with Crippen molar-refractivity contribution in [3.8, 4) is 5.75 Å². The molecule has 1 aliphatic heterocycles. The maximum atomic E-state index is 11.7. The lowest BCUT2D eigenvalue weighted by Gasteiger charge is -2.32. The molecular formula is C18H28N4O3. The van der Waals surface area contributed by atoms with Crippen molar-refractivity contribution >= 4 is 12.1 Å². The zero-order chi connectivity index (χ0) is 18.1. The van der Waals surface area contributed by atoms with Crippen molar-refractivity contribution in [2.24, 2.45) is 4.99 Å². The van der Waals surface area contributed by atoms with Crippen LogP contribution in [0.25, 0.3) is 0 Å². The number of hydrogen-bond donors (Lipinski definition) is 2. The number of ether oxygens (including phenoxy) is 2. The number of likely N-dealkylation sites (tertiary alicyclic amines) is 1. The molecular weight excluding hydrogens is 320 g/mol. The number of carbonyl (C=O) groups excluding carboxylic acids is 1. The van der Waals surface area contributed by atoms with Crippen LogP contribution < -0.4 is 15.4 Å². The van der Waals surface area contributed by atoms with Crippen LogP contribution in [0.15, 0.2) is 29.3 Å². The number of hydrogen-bond acceptors (Lipinski definition) is 4. The number of rotatable bonds is 5. The first-order valence-electron chi connectivity index (χ1n) is 8.68. The normalized spacial score (nSPS) is 15.6. The van der Waals surface area contributed by atoms with E-state index in [0.717, 1.165) is 30.1 Å². The Kier molecular flexibility index (Phi) is 7.37. The van der Waals surface area contributed by atoms with Gasteiger partial charge in [-0.05, 0) is 37.5 Å². The van der Waals surface area contributed by atoms with Crippen LogP contribution in [0.1, 0.15) is 25.3 Å². The summed E-state index contributed by atoms with van der Waals surface area (Å²) in [6, 6.07) is 8.23. The minimum Gasteiger partial charge on any atom is -0.497 e. The molecule has 1 heterocycles. The molecule has 2 N–H and O–H groups in total. The minimum absolute atomic E-state index is 0.219. The maximum absolute atomic E-state index is 11.7. The summed E-state index contributed by atoms with van der Waals surface area (Å²) < 4.78 is 10.2. The zero-order valence-corrected chi connectivity index (χ0v) is 15.2. The molecule has 7 heteroatoms. The van der Waals surface area contributed by atoms with Gasteiger partial charge in [0.25, 0.3) is 0 Å². The van der Waals surface area contributed by atoms with E-state index in [-0.39, 0.29) is 6.09 Å². The first kappa shape index (κ1) is 18.9. The second-order valence-electron chi connectivity index (χ2n) is 5.88. The van der Waals surface area contributed by atoms with E-state index in [1.807, 2.05) is 31.2 Å². The first-order chi connectivity index (χ1) is 12.2. The Labute approximate surface area is 149 Å². The Morgan fingerprint density at radius 1 is 1.28 bits per heavy atom. The van der Waals surface area contributed by atoms with Crippen molar-refractivity contribution in [2.45, 2.75) is 32.4 Å². The number of piperidine rings is 1. The van der Waals surface area contributed by atoms with Crippen LogP contribution in [0.2, 0.25) is 0 Å². The summed E-state index contributed by atoms with van der Waals surface area (Å²) in [6.07, 6.45) is 1.53. The fourth-order valence-corrected chi connectivity index (χ4v) is 2.74. The number of nitrogens with zero attached hydrogens (tertiary/aromatic N) is 2. The number of benzene rings is 1. The van der Waals surface area contributed by atoms with Crippen LogP contribution in [0.3, 0.4) is 0 Å². The lowest BCUT2D eigenvalue weighted by atomic mass is 10.1. The van der Waals surface area contributed by atoms with Gasteiger partial charge in [0.2, 0.25) is 0 Å². The van der Waals surface area contributed by atoms with Crippen LogP contribution in [0.4, 0.5) is 4.79 Å². The number of amides is 1. The van der Waals surface area contributed by atoms with Gasteiger partial charge in [-0.2, -0.15) is 0 Å². The third-order valence-electron chi connectivity index (χ3n) is 4.20. The van der Waals surface area contributed by atoms with Crippen LogP contribution >= 0.6 is 0 Å². The summed E-state index contributed by atoms with van der Waals surface area (Å²) in [7, 11) is 3.42. The van der Waals surface area contributed by atoms with Crippen molar-refractivity contribution in [3.63, 3.8) is 0 Å². The third kappa shape index (κ3) is 5.85. The molecule has 1 fully saturated rings. The smallest absolute Gasteiger partial charge is 0.409 e. The largest absolute Gasteiger partial charge is 0.497 e. The van der Waals surface area contributed by atoms with Crippen LogP contribution in [-0.4, -0.2) is 56.8 Å². The highest BCUT2D eigenvalue weighted by atomic mass is 16.6. The fourth-order valence-electron chi connectivity index (χ4n) is 2.74. The molecule has 7 nitrogen and oxygen atoms in total. The number of nitrogens with one attached hydrogen (secondary N) is 2. The van der Waals surface area contributed by atoms with E-state index in [1.165, 1.54) is 0 Å². The predicted molar refractivity (Wildman–Crippen MR) is 97.9 cm³/mol. The summed E-state index contributed by atoms with van der Waals surface area (Å²) in [5, 5.41) is 6.74. The molecule has 2 rings (SSSR count). The van der Waals surface area contributed by atoms with Gasteiger partial charge in [-0.25, -0.2) is 4.79 Å². The van der Waals surface area contributed by atoms with Gasteiger partial charge in [0.1, 0.15) is 5.75 Å². The van der Waals surface area contributed by atoms with E-state index in [1.54, 1.807) is 19.1 Å². The van der Waals surface area contributed by atoms with Gasteiger partial charge in [0.15, 0.2) is 5.96 Å². The topological polar surface area (TPSA) is 75.2 Å². The highest BCUT2D eigenvalue weighted by Crippen LogP contribution is 2.12. The second-order valence-corrected chi connectivity index (χ2v) is 5.88.